The highest BCUT2D eigenvalue weighted by Gasteiger charge is 2.14. The van der Waals surface area contributed by atoms with Gasteiger partial charge >= 0.3 is 5.97 Å². The minimum atomic E-state index is -0.883. The first kappa shape index (κ1) is 16.1. The standard InChI is InChI=1S/C18H12FNO3/c19-16-8-6-14(7-9-16)17(21)12-23-18(22)15(11-20)10-13-4-2-1-3-5-13/h1-10H,12H2/b15-10+. The molecule has 114 valence electrons. The molecule has 2 aromatic rings. The molecule has 0 amide bonds. The van der Waals surface area contributed by atoms with Gasteiger partial charge in [-0.2, -0.15) is 5.26 Å². The zero-order valence-electron chi connectivity index (χ0n) is 12.0. The van der Waals surface area contributed by atoms with E-state index in [2.05, 4.69) is 0 Å². The molecule has 0 unspecified atom stereocenters. The monoisotopic (exact) mass is 309 g/mol. The maximum absolute atomic E-state index is 12.8. The molecule has 0 N–H and O–H groups in total. The van der Waals surface area contributed by atoms with Crippen molar-refractivity contribution in [3.63, 3.8) is 0 Å². The van der Waals surface area contributed by atoms with E-state index in [0.717, 1.165) is 12.1 Å². The third-order valence-corrected chi connectivity index (χ3v) is 2.95. The van der Waals surface area contributed by atoms with Crippen LogP contribution in [-0.4, -0.2) is 18.4 Å². The molecule has 0 fully saturated rings. The first-order valence-corrected chi connectivity index (χ1v) is 6.73. The molecule has 0 aliphatic carbocycles. The molecule has 5 heteroatoms. The quantitative estimate of drug-likeness (QED) is 0.368. The van der Waals surface area contributed by atoms with Gasteiger partial charge in [0.15, 0.2) is 12.4 Å². The van der Waals surface area contributed by atoms with Gasteiger partial charge in [0.2, 0.25) is 0 Å². The second-order valence-corrected chi connectivity index (χ2v) is 4.59. The Morgan fingerprint density at radius 2 is 1.74 bits per heavy atom. The normalized spacial score (nSPS) is 10.7. The van der Waals surface area contributed by atoms with Crippen molar-refractivity contribution < 1.29 is 18.7 Å². The summed E-state index contributed by atoms with van der Waals surface area (Å²) in [5.41, 5.74) is 0.693. The van der Waals surface area contributed by atoms with Crippen molar-refractivity contribution in [2.75, 3.05) is 6.61 Å². The largest absolute Gasteiger partial charge is 0.453 e. The van der Waals surface area contributed by atoms with Crippen LogP contribution in [0.1, 0.15) is 15.9 Å². The van der Waals surface area contributed by atoms with E-state index in [-0.39, 0.29) is 11.1 Å². The van der Waals surface area contributed by atoms with Crippen molar-refractivity contribution >= 4 is 17.8 Å². The molecular weight excluding hydrogens is 297 g/mol. The van der Waals surface area contributed by atoms with Crippen LogP contribution >= 0.6 is 0 Å². The van der Waals surface area contributed by atoms with Gasteiger partial charge in [-0.3, -0.25) is 4.79 Å². The zero-order chi connectivity index (χ0) is 16.7. The Bertz CT molecular complexity index is 774. The lowest BCUT2D eigenvalue weighted by molar-refractivity contribution is -0.137. The molecule has 2 rings (SSSR count). The minimum absolute atomic E-state index is 0.205. The number of hydrogen-bond donors (Lipinski definition) is 0. The molecule has 0 aliphatic rings. The lowest BCUT2D eigenvalue weighted by Crippen LogP contribution is -2.15. The highest BCUT2D eigenvalue weighted by molar-refractivity contribution is 6.01. The van der Waals surface area contributed by atoms with Crippen molar-refractivity contribution in [3.05, 3.63) is 77.1 Å². The van der Waals surface area contributed by atoms with Gasteiger partial charge in [0.05, 0.1) is 0 Å². The number of carbonyl (C=O) groups excluding carboxylic acids is 2. The molecule has 23 heavy (non-hydrogen) atoms. The number of hydrogen-bond acceptors (Lipinski definition) is 4. The number of nitrogens with zero attached hydrogens (tertiary/aromatic N) is 1. The van der Waals surface area contributed by atoms with Crippen LogP contribution in [0.15, 0.2) is 60.2 Å². The predicted octanol–water partition coefficient (Wildman–Crippen LogP) is 3.16. The van der Waals surface area contributed by atoms with E-state index in [9.17, 15) is 14.0 Å². The molecule has 0 saturated carbocycles. The van der Waals surface area contributed by atoms with E-state index in [4.69, 9.17) is 10.00 Å². The van der Waals surface area contributed by atoms with Crippen LogP contribution in [-0.2, 0) is 9.53 Å². The number of esters is 1. The van der Waals surface area contributed by atoms with E-state index < -0.39 is 24.2 Å². The van der Waals surface area contributed by atoms with Gasteiger partial charge in [-0.1, -0.05) is 30.3 Å². The third-order valence-electron chi connectivity index (χ3n) is 2.95. The zero-order valence-corrected chi connectivity index (χ0v) is 12.0. The molecule has 2 aromatic carbocycles. The Labute approximate surface area is 132 Å². The Hall–Kier alpha value is -3.26. The van der Waals surface area contributed by atoms with Gasteiger partial charge in [0.1, 0.15) is 17.5 Å². The minimum Gasteiger partial charge on any atom is -0.453 e. The molecule has 4 nitrogen and oxygen atoms in total. The number of nitriles is 1. The second-order valence-electron chi connectivity index (χ2n) is 4.59. The number of Topliss-reactive ketones (excluding diaryl/α,β-unsaturated/α-hetero) is 1. The molecule has 0 aliphatic heterocycles. The first-order chi connectivity index (χ1) is 11.1. The molecule has 0 radical (unpaired) electrons. The van der Waals surface area contributed by atoms with Gasteiger partial charge in [0, 0.05) is 5.56 Å². The van der Waals surface area contributed by atoms with Crippen LogP contribution in [0.5, 0.6) is 0 Å². The molecule has 0 atom stereocenters. The van der Waals surface area contributed by atoms with Crippen molar-refractivity contribution in [2.45, 2.75) is 0 Å². The maximum Gasteiger partial charge on any atom is 0.349 e. The van der Waals surface area contributed by atoms with Gasteiger partial charge in [-0.05, 0) is 35.9 Å². The number of ether oxygens (including phenoxy) is 1. The summed E-state index contributed by atoms with van der Waals surface area (Å²) in [6, 6.07) is 15.4. The summed E-state index contributed by atoms with van der Waals surface area (Å²) >= 11 is 0. The Morgan fingerprint density at radius 3 is 2.35 bits per heavy atom. The fraction of sp³-hybridized carbons (Fsp3) is 0.0556. The van der Waals surface area contributed by atoms with Crippen LogP contribution < -0.4 is 0 Å². The van der Waals surface area contributed by atoms with Crippen LogP contribution in [0.3, 0.4) is 0 Å². The van der Waals surface area contributed by atoms with E-state index in [0.29, 0.717) is 5.56 Å². The van der Waals surface area contributed by atoms with Crippen LogP contribution in [0.25, 0.3) is 6.08 Å². The first-order valence-electron chi connectivity index (χ1n) is 6.73. The Kier molecular flexibility index (Phi) is 5.37. The summed E-state index contributed by atoms with van der Waals surface area (Å²) in [6.45, 7) is -0.516. The fourth-order valence-electron chi connectivity index (χ4n) is 1.78. The maximum atomic E-state index is 12.8. The van der Waals surface area contributed by atoms with E-state index >= 15 is 0 Å². The summed E-state index contributed by atoms with van der Waals surface area (Å²) in [6.07, 6.45) is 1.38. The number of rotatable bonds is 5. The predicted molar refractivity (Wildman–Crippen MR) is 81.7 cm³/mol. The van der Waals surface area contributed by atoms with Crippen LogP contribution in [0.4, 0.5) is 4.39 Å². The smallest absolute Gasteiger partial charge is 0.349 e. The second kappa shape index (κ2) is 7.66. The summed E-state index contributed by atoms with van der Waals surface area (Å²) in [5.74, 6) is -1.82. The van der Waals surface area contributed by atoms with Crippen LogP contribution in [0, 0.1) is 17.1 Å². The van der Waals surface area contributed by atoms with Gasteiger partial charge in [-0.25, -0.2) is 9.18 Å². The van der Waals surface area contributed by atoms with Gasteiger partial charge in [0.25, 0.3) is 0 Å². The average molecular weight is 309 g/mol. The summed E-state index contributed by atoms with van der Waals surface area (Å²) in [7, 11) is 0. The SMILES string of the molecule is N#C/C(=C\c1ccccc1)C(=O)OCC(=O)c1ccc(F)cc1. The molecule has 0 spiro atoms. The van der Waals surface area contributed by atoms with Crippen molar-refractivity contribution in [3.8, 4) is 6.07 Å². The van der Waals surface area contributed by atoms with Gasteiger partial charge < -0.3 is 4.74 Å². The highest BCUT2D eigenvalue weighted by atomic mass is 19.1. The number of benzene rings is 2. The lowest BCUT2D eigenvalue weighted by Gasteiger charge is -2.04. The molecule has 0 saturated heterocycles. The highest BCUT2D eigenvalue weighted by Crippen LogP contribution is 2.09. The fourth-order valence-corrected chi connectivity index (χ4v) is 1.78. The van der Waals surface area contributed by atoms with Crippen LogP contribution in [0.2, 0.25) is 0 Å². The van der Waals surface area contributed by atoms with Crippen molar-refractivity contribution in [1.29, 1.82) is 5.26 Å². The average Bonchev–Trinajstić information content (AvgIpc) is 2.58. The number of halogens is 1. The van der Waals surface area contributed by atoms with Gasteiger partial charge in [-0.15, -0.1) is 0 Å². The lowest BCUT2D eigenvalue weighted by atomic mass is 10.1. The summed E-state index contributed by atoms with van der Waals surface area (Å²) in [5, 5.41) is 9.02. The number of ketones is 1. The molecular formula is C18H12FNO3. The van der Waals surface area contributed by atoms with Crippen molar-refractivity contribution in [2.24, 2.45) is 0 Å². The van der Waals surface area contributed by atoms with Crippen molar-refractivity contribution in [1.82, 2.24) is 0 Å². The van der Waals surface area contributed by atoms with E-state index in [1.807, 2.05) is 6.07 Å². The Morgan fingerprint density at radius 1 is 1.09 bits per heavy atom. The Balaban J connectivity index is 2.00. The summed E-state index contributed by atoms with van der Waals surface area (Å²) in [4.78, 5) is 23.7. The topological polar surface area (TPSA) is 67.2 Å². The molecule has 0 bridgehead atoms. The molecule has 0 aromatic heterocycles. The summed E-state index contributed by atoms with van der Waals surface area (Å²) < 4.78 is 17.6. The van der Waals surface area contributed by atoms with E-state index in [1.165, 1.54) is 18.2 Å². The van der Waals surface area contributed by atoms with E-state index in [1.54, 1.807) is 30.3 Å². The molecule has 0 heterocycles. The third kappa shape index (κ3) is 4.61. The number of carbonyl (C=O) groups is 2.